The molecule has 5 nitrogen and oxygen atoms in total. The third-order valence-corrected chi connectivity index (χ3v) is 2.48. The maximum atomic E-state index is 11.4. The molecule has 0 aliphatic heterocycles. The van der Waals surface area contributed by atoms with Crippen molar-refractivity contribution in [3.8, 4) is 0 Å². The standard InChI is InChI=1S/C11H20N2O3/c1-7(2)13-9(14)6-12-10(8-4-5-8)11(15)16-3/h7-8,10,12H,4-6H2,1-3H3,(H,13,14). The van der Waals surface area contributed by atoms with Crippen molar-refractivity contribution in [1.29, 1.82) is 0 Å². The second kappa shape index (κ2) is 5.84. The fraction of sp³-hybridized carbons (Fsp3) is 0.818. The Morgan fingerprint density at radius 1 is 1.38 bits per heavy atom. The summed E-state index contributed by atoms with van der Waals surface area (Å²) >= 11 is 0. The minimum Gasteiger partial charge on any atom is -0.468 e. The van der Waals surface area contributed by atoms with Crippen molar-refractivity contribution in [2.75, 3.05) is 13.7 Å². The van der Waals surface area contributed by atoms with E-state index in [1.54, 1.807) is 0 Å². The normalized spacial score (nSPS) is 17.0. The van der Waals surface area contributed by atoms with Gasteiger partial charge < -0.3 is 10.1 Å². The number of ether oxygens (including phenoxy) is 1. The van der Waals surface area contributed by atoms with Gasteiger partial charge in [-0.05, 0) is 32.6 Å². The Balaban J connectivity index is 2.32. The van der Waals surface area contributed by atoms with E-state index in [0.29, 0.717) is 5.92 Å². The minimum atomic E-state index is -0.331. The van der Waals surface area contributed by atoms with Crippen LogP contribution in [0, 0.1) is 5.92 Å². The number of methoxy groups -OCH3 is 1. The monoisotopic (exact) mass is 228 g/mol. The molecule has 2 N–H and O–H groups in total. The Hall–Kier alpha value is -1.10. The highest BCUT2D eigenvalue weighted by atomic mass is 16.5. The average Bonchev–Trinajstić information content (AvgIpc) is 3.00. The zero-order valence-electron chi connectivity index (χ0n) is 10.1. The molecule has 1 amide bonds. The maximum Gasteiger partial charge on any atom is 0.323 e. The molecule has 1 unspecified atom stereocenters. The van der Waals surface area contributed by atoms with Crippen molar-refractivity contribution >= 4 is 11.9 Å². The number of amides is 1. The van der Waals surface area contributed by atoms with E-state index in [1.165, 1.54) is 7.11 Å². The van der Waals surface area contributed by atoms with Gasteiger partial charge in [-0.3, -0.25) is 14.9 Å². The highest BCUT2D eigenvalue weighted by molar-refractivity contribution is 5.81. The predicted molar refractivity (Wildman–Crippen MR) is 59.8 cm³/mol. The number of hydrogen-bond donors (Lipinski definition) is 2. The van der Waals surface area contributed by atoms with Crippen LogP contribution in [-0.2, 0) is 14.3 Å². The first-order chi connectivity index (χ1) is 7.54. The number of esters is 1. The Morgan fingerprint density at radius 3 is 2.44 bits per heavy atom. The summed E-state index contributed by atoms with van der Waals surface area (Å²) in [5, 5.41) is 5.71. The molecular weight excluding hydrogens is 208 g/mol. The smallest absolute Gasteiger partial charge is 0.323 e. The largest absolute Gasteiger partial charge is 0.468 e. The first kappa shape index (κ1) is 13.0. The molecule has 0 heterocycles. The molecule has 92 valence electrons. The van der Waals surface area contributed by atoms with Crippen molar-refractivity contribution in [2.45, 2.75) is 38.8 Å². The summed E-state index contributed by atoms with van der Waals surface area (Å²) in [6, 6.07) is -0.213. The van der Waals surface area contributed by atoms with Gasteiger partial charge in [0, 0.05) is 6.04 Å². The van der Waals surface area contributed by atoms with Crippen LogP contribution >= 0.6 is 0 Å². The van der Waals surface area contributed by atoms with Crippen molar-refractivity contribution in [3.63, 3.8) is 0 Å². The summed E-state index contributed by atoms with van der Waals surface area (Å²) in [6.07, 6.45) is 2.05. The van der Waals surface area contributed by atoms with Gasteiger partial charge in [0.05, 0.1) is 13.7 Å². The van der Waals surface area contributed by atoms with Crippen LogP contribution in [0.2, 0.25) is 0 Å². The first-order valence-electron chi connectivity index (χ1n) is 5.65. The number of rotatable bonds is 6. The Kier molecular flexibility index (Phi) is 4.73. The molecule has 0 radical (unpaired) electrons. The van der Waals surface area contributed by atoms with Crippen LogP contribution < -0.4 is 10.6 Å². The lowest BCUT2D eigenvalue weighted by Gasteiger charge is -2.16. The Morgan fingerprint density at radius 2 is 2.00 bits per heavy atom. The fourth-order valence-corrected chi connectivity index (χ4v) is 1.57. The topological polar surface area (TPSA) is 67.4 Å². The molecule has 0 aromatic rings. The lowest BCUT2D eigenvalue weighted by Crippen LogP contribution is -2.46. The van der Waals surface area contributed by atoms with Crippen LogP contribution in [-0.4, -0.2) is 37.6 Å². The van der Waals surface area contributed by atoms with Gasteiger partial charge in [-0.1, -0.05) is 0 Å². The zero-order valence-corrected chi connectivity index (χ0v) is 10.1. The molecule has 1 fully saturated rings. The Labute approximate surface area is 95.9 Å². The van der Waals surface area contributed by atoms with Gasteiger partial charge in [0.1, 0.15) is 6.04 Å². The summed E-state index contributed by atoms with van der Waals surface area (Å²) in [5.41, 5.74) is 0. The average molecular weight is 228 g/mol. The van der Waals surface area contributed by atoms with Gasteiger partial charge in [0.15, 0.2) is 0 Å². The fourth-order valence-electron chi connectivity index (χ4n) is 1.57. The SMILES string of the molecule is COC(=O)C(NCC(=O)NC(C)C)C1CC1. The Bertz CT molecular complexity index is 262. The summed E-state index contributed by atoms with van der Waals surface area (Å²) < 4.78 is 4.69. The summed E-state index contributed by atoms with van der Waals surface area (Å²) in [6.45, 7) is 3.96. The molecule has 5 heteroatoms. The summed E-state index contributed by atoms with van der Waals surface area (Å²) in [4.78, 5) is 22.8. The highest BCUT2D eigenvalue weighted by Gasteiger charge is 2.36. The van der Waals surface area contributed by atoms with Gasteiger partial charge in [0.2, 0.25) is 5.91 Å². The molecule has 1 rings (SSSR count). The van der Waals surface area contributed by atoms with Crippen molar-refractivity contribution in [1.82, 2.24) is 10.6 Å². The van der Waals surface area contributed by atoms with E-state index in [1.807, 2.05) is 13.8 Å². The van der Waals surface area contributed by atoms with E-state index in [2.05, 4.69) is 10.6 Å². The van der Waals surface area contributed by atoms with E-state index >= 15 is 0 Å². The van der Waals surface area contributed by atoms with Gasteiger partial charge >= 0.3 is 5.97 Å². The first-order valence-corrected chi connectivity index (χ1v) is 5.65. The number of nitrogens with one attached hydrogen (secondary N) is 2. The molecule has 1 aliphatic rings. The van der Waals surface area contributed by atoms with Gasteiger partial charge in [-0.2, -0.15) is 0 Å². The third-order valence-electron chi connectivity index (χ3n) is 2.48. The van der Waals surface area contributed by atoms with E-state index in [-0.39, 0.29) is 30.5 Å². The van der Waals surface area contributed by atoms with Crippen LogP contribution in [0.25, 0.3) is 0 Å². The van der Waals surface area contributed by atoms with Gasteiger partial charge in [-0.25, -0.2) is 0 Å². The summed E-state index contributed by atoms with van der Waals surface area (Å²) in [5.74, 6) is -0.0382. The number of carbonyl (C=O) groups excluding carboxylic acids is 2. The summed E-state index contributed by atoms with van der Waals surface area (Å²) in [7, 11) is 1.37. The molecule has 1 saturated carbocycles. The van der Waals surface area contributed by atoms with Gasteiger partial charge in [-0.15, -0.1) is 0 Å². The lowest BCUT2D eigenvalue weighted by atomic mass is 10.2. The van der Waals surface area contributed by atoms with Gasteiger partial charge in [0.25, 0.3) is 0 Å². The number of carbonyl (C=O) groups is 2. The van der Waals surface area contributed by atoms with Crippen LogP contribution in [0.1, 0.15) is 26.7 Å². The minimum absolute atomic E-state index is 0.0930. The molecule has 0 spiro atoms. The zero-order chi connectivity index (χ0) is 12.1. The van der Waals surface area contributed by atoms with Crippen LogP contribution in [0.5, 0.6) is 0 Å². The molecule has 1 aliphatic carbocycles. The quantitative estimate of drug-likeness (QED) is 0.630. The molecule has 0 aromatic carbocycles. The van der Waals surface area contributed by atoms with E-state index < -0.39 is 0 Å². The predicted octanol–water partition coefficient (Wildman–Crippen LogP) is 0.0522. The number of hydrogen-bond acceptors (Lipinski definition) is 4. The van der Waals surface area contributed by atoms with Crippen molar-refractivity contribution in [2.24, 2.45) is 5.92 Å². The van der Waals surface area contributed by atoms with Crippen molar-refractivity contribution in [3.05, 3.63) is 0 Å². The maximum absolute atomic E-state index is 11.4. The molecule has 0 bridgehead atoms. The third kappa shape index (κ3) is 4.18. The second-order valence-electron chi connectivity index (χ2n) is 4.44. The van der Waals surface area contributed by atoms with Crippen LogP contribution in [0.3, 0.4) is 0 Å². The second-order valence-corrected chi connectivity index (χ2v) is 4.44. The molecule has 16 heavy (non-hydrogen) atoms. The molecular formula is C11H20N2O3. The highest BCUT2D eigenvalue weighted by Crippen LogP contribution is 2.32. The van der Waals surface area contributed by atoms with Crippen LogP contribution in [0.15, 0.2) is 0 Å². The lowest BCUT2D eigenvalue weighted by molar-refractivity contribution is -0.143. The van der Waals surface area contributed by atoms with Crippen molar-refractivity contribution < 1.29 is 14.3 Å². The van der Waals surface area contributed by atoms with E-state index in [0.717, 1.165) is 12.8 Å². The molecule has 1 atom stereocenters. The molecule has 0 aromatic heterocycles. The molecule has 0 saturated heterocycles. The van der Waals surface area contributed by atoms with E-state index in [4.69, 9.17) is 4.74 Å². The van der Waals surface area contributed by atoms with E-state index in [9.17, 15) is 9.59 Å². The van der Waals surface area contributed by atoms with Crippen LogP contribution in [0.4, 0.5) is 0 Å².